The number of hydrogen-bond acceptors (Lipinski definition) is 1. The molecule has 46 heavy (non-hydrogen) atoms. The van der Waals surface area contributed by atoms with Crippen molar-refractivity contribution < 1.29 is 0 Å². The van der Waals surface area contributed by atoms with Crippen LogP contribution in [0.4, 0.5) is 17.1 Å². The van der Waals surface area contributed by atoms with E-state index in [9.17, 15) is 0 Å². The zero-order valence-electron chi connectivity index (χ0n) is 25.3. The Morgan fingerprint density at radius 2 is 0.739 bits per heavy atom. The fourth-order valence-electron chi connectivity index (χ4n) is 7.74. The number of benzene rings is 7. The van der Waals surface area contributed by atoms with Gasteiger partial charge in [-0.25, -0.2) is 0 Å². The van der Waals surface area contributed by atoms with Crippen molar-refractivity contribution in [3.05, 3.63) is 209 Å². The van der Waals surface area contributed by atoms with Crippen molar-refractivity contribution in [3.63, 3.8) is 0 Å². The van der Waals surface area contributed by atoms with Gasteiger partial charge in [0.05, 0.1) is 5.41 Å². The first-order valence-electron chi connectivity index (χ1n) is 15.9. The normalized spacial score (nSPS) is 13.3. The molecule has 2 aliphatic rings. The standard InChI is InChI=1S/C45H31N/c1-3-13-32(14-4-1)23-24-33-25-27-35(28-26-33)46(34-15-5-2-6-16-34)36-29-30-40-39-19-9-12-22-43(39)45(44(40)31-36)41-20-10-7-17-37(41)38-18-8-11-21-42(38)45/h1-31H/b24-23+. The van der Waals surface area contributed by atoms with Crippen molar-refractivity contribution >= 4 is 29.2 Å². The molecule has 2 aliphatic carbocycles. The third-order valence-electron chi connectivity index (χ3n) is 9.67. The lowest BCUT2D eigenvalue weighted by atomic mass is 9.70. The van der Waals surface area contributed by atoms with Crippen molar-refractivity contribution in [2.75, 3.05) is 4.90 Å². The van der Waals surface area contributed by atoms with Crippen LogP contribution < -0.4 is 4.90 Å². The third-order valence-corrected chi connectivity index (χ3v) is 9.67. The van der Waals surface area contributed by atoms with E-state index in [2.05, 4.69) is 187 Å². The largest absolute Gasteiger partial charge is 0.310 e. The predicted octanol–water partition coefficient (Wildman–Crippen LogP) is 11.7. The van der Waals surface area contributed by atoms with E-state index in [1.165, 1.54) is 55.6 Å². The first-order chi connectivity index (χ1) is 22.8. The van der Waals surface area contributed by atoms with E-state index in [1.807, 2.05) is 6.07 Å². The number of para-hydroxylation sites is 1. The van der Waals surface area contributed by atoms with Crippen LogP contribution in [-0.2, 0) is 5.41 Å². The van der Waals surface area contributed by atoms with Crippen LogP contribution in [0.2, 0.25) is 0 Å². The van der Waals surface area contributed by atoms with Gasteiger partial charge in [-0.1, -0.05) is 152 Å². The van der Waals surface area contributed by atoms with Crippen molar-refractivity contribution in [1.29, 1.82) is 0 Å². The van der Waals surface area contributed by atoms with E-state index in [-0.39, 0.29) is 5.41 Å². The maximum atomic E-state index is 2.45. The third kappa shape index (κ3) is 3.95. The lowest BCUT2D eigenvalue weighted by Crippen LogP contribution is -2.26. The Morgan fingerprint density at radius 3 is 1.30 bits per heavy atom. The number of nitrogens with zero attached hydrogens (tertiary/aromatic N) is 1. The molecule has 7 aromatic rings. The van der Waals surface area contributed by atoms with E-state index in [4.69, 9.17) is 0 Å². The van der Waals surface area contributed by atoms with Gasteiger partial charge >= 0.3 is 0 Å². The Hall–Kier alpha value is -5.92. The molecule has 0 fully saturated rings. The van der Waals surface area contributed by atoms with Crippen LogP contribution in [0.25, 0.3) is 34.4 Å². The molecule has 9 rings (SSSR count). The lowest BCUT2D eigenvalue weighted by Gasteiger charge is -2.32. The molecule has 0 unspecified atom stereocenters. The second-order valence-electron chi connectivity index (χ2n) is 12.1. The Morgan fingerprint density at radius 1 is 0.326 bits per heavy atom. The molecule has 1 nitrogen and oxygen atoms in total. The fraction of sp³-hybridized carbons (Fsp3) is 0.0222. The summed E-state index contributed by atoms with van der Waals surface area (Å²) in [6.45, 7) is 0. The highest BCUT2D eigenvalue weighted by molar-refractivity contribution is 5.96. The molecule has 0 bridgehead atoms. The first kappa shape index (κ1) is 26.5. The summed E-state index contributed by atoms with van der Waals surface area (Å²) >= 11 is 0. The molecule has 1 heteroatoms. The molecule has 0 aromatic heterocycles. The average molecular weight is 586 g/mol. The molecule has 0 radical (unpaired) electrons. The Labute approximate surface area is 270 Å². The van der Waals surface area contributed by atoms with E-state index >= 15 is 0 Å². The van der Waals surface area contributed by atoms with E-state index in [0.29, 0.717) is 0 Å². The number of rotatable bonds is 5. The SMILES string of the molecule is C(=C\c1ccc(N(c2ccccc2)c2ccc3c(c2)C2(c4ccccc4-c4ccccc42)c2ccccc2-3)cc1)/c1ccccc1. The van der Waals surface area contributed by atoms with Crippen LogP contribution in [0.5, 0.6) is 0 Å². The monoisotopic (exact) mass is 585 g/mol. The van der Waals surface area contributed by atoms with Gasteiger partial charge in [0.25, 0.3) is 0 Å². The summed E-state index contributed by atoms with van der Waals surface area (Å²) in [4.78, 5) is 2.38. The van der Waals surface area contributed by atoms with Crippen LogP contribution >= 0.6 is 0 Å². The zero-order chi connectivity index (χ0) is 30.5. The molecule has 0 aliphatic heterocycles. The van der Waals surface area contributed by atoms with Gasteiger partial charge < -0.3 is 4.90 Å². The number of fused-ring (bicyclic) bond motifs is 10. The molecule has 0 saturated heterocycles. The van der Waals surface area contributed by atoms with Gasteiger partial charge in [-0.3, -0.25) is 0 Å². The molecule has 0 heterocycles. The number of hydrogen-bond donors (Lipinski definition) is 0. The first-order valence-corrected chi connectivity index (χ1v) is 15.9. The van der Waals surface area contributed by atoms with E-state index in [0.717, 1.165) is 17.1 Å². The fourth-order valence-corrected chi connectivity index (χ4v) is 7.74. The molecule has 1 spiro atoms. The van der Waals surface area contributed by atoms with Crippen LogP contribution in [-0.4, -0.2) is 0 Å². The highest BCUT2D eigenvalue weighted by Crippen LogP contribution is 2.63. The predicted molar refractivity (Wildman–Crippen MR) is 193 cm³/mol. The smallest absolute Gasteiger partial charge is 0.0726 e. The van der Waals surface area contributed by atoms with Gasteiger partial charge in [-0.15, -0.1) is 0 Å². The minimum atomic E-state index is -0.371. The minimum absolute atomic E-state index is 0.371. The van der Waals surface area contributed by atoms with Crippen molar-refractivity contribution in [1.82, 2.24) is 0 Å². The van der Waals surface area contributed by atoms with Gasteiger partial charge in [0.2, 0.25) is 0 Å². The molecular weight excluding hydrogens is 555 g/mol. The molecule has 0 saturated carbocycles. The van der Waals surface area contributed by atoms with Gasteiger partial charge in [0, 0.05) is 17.1 Å². The van der Waals surface area contributed by atoms with Gasteiger partial charge in [-0.05, 0) is 92.0 Å². The van der Waals surface area contributed by atoms with Crippen molar-refractivity contribution in [3.8, 4) is 22.3 Å². The summed E-state index contributed by atoms with van der Waals surface area (Å²) in [5.41, 5.74) is 16.1. The maximum absolute atomic E-state index is 2.45. The number of anilines is 3. The molecule has 216 valence electrons. The van der Waals surface area contributed by atoms with Crippen LogP contribution in [0.15, 0.2) is 176 Å². The highest BCUT2D eigenvalue weighted by Gasteiger charge is 2.51. The molecule has 7 aromatic carbocycles. The summed E-state index contributed by atoms with van der Waals surface area (Å²) < 4.78 is 0. The van der Waals surface area contributed by atoms with Crippen LogP contribution in [0.1, 0.15) is 33.4 Å². The van der Waals surface area contributed by atoms with E-state index < -0.39 is 0 Å². The Balaban J connectivity index is 1.23. The van der Waals surface area contributed by atoms with Crippen molar-refractivity contribution in [2.45, 2.75) is 5.41 Å². The zero-order valence-corrected chi connectivity index (χ0v) is 25.3. The topological polar surface area (TPSA) is 3.24 Å². The lowest BCUT2D eigenvalue weighted by molar-refractivity contribution is 0.793. The Bertz CT molecular complexity index is 2180. The Kier molecular flexibility index (Phi) is 6.11. The maximum Gasteiger partial charge on any atom is 0.0726 e. The minimum Gasteiger partial charge on any atom is -0.310 e. The molecule has 0 N–H and O–H groups in total. The van der Waals surface area contributed by atoms with E-state index in [1.54, 1.807) is 0 Å². The van der Waals surface area contributed by atoms with Crippen LogP contribution in [0, 0.1) is 0 Å². The van der Waals surface area contributed by atoms with Gasteiger partial charge in [0.15, 0.2) is 0 Å². The van der Waals surface area contributed by atoms with Gasteiger partial charge in [-0.2, -0.15) is 0 Å². The molecule has 0 amide bonds. The molecular formula is C45H31N. The van der Waals surface area contributed by atoms with Crippen LogP contribution in [0.3, 0.4) is 0 Å². The quantitative estimate of drug-likeness (QED) is 0.182. The van der Waals surface area contributed by atoms with Gasteiger partial charge in [0.1, 0.15) is 0 Å². The summed E-state index contributed by atoms with van der Waals surface area (Å²) in [5.74, 6) is 0. The summed E-state index contributed by atoms with van der Waals surface area (Å²) in [6.07, 6.45) is 4.34. The van der Waals surface area contributed by atoms with Crippen molar-refractivity contribution in [2.24, 2.45) is 0 Å². The second kappa shape index (κ2) is 10.6. The summed E-state index contributed by atoms with van der Waals surface area (Å²) in [6, 6.07) is 64.1. The molecule has 0 atom stereocenters. The highest BCUT2D eigenvalue weighted by atomic mass is 15.1. The summed E-state index contributed by atoms with van der Waals surface area (Å²) in [5, 5.41) is 0. The summed E-state index contributed by atoms with van der Waals surface area (Å²) in [7, 11) is 0. The average Bonchev–Trinajstić information content (AvgIpc) is 3.60. The second-order valence-corrected chi connectivity index (χ2v) is 12.1.